The lowest BCUT2D eigenvalue weighted by atomic mass is 9.91. The van der Waals surface area contributed by atoms with Crippen LogP contribution in [0.4, 0.5) is 0 Å². The van der Waals surface area contributed by atoms with Gasteiger partial charge in [0.05, 0.1) is 13.2 Å². The molecule has 0 aliphatic carbocycles. The quantitative estimate of drug-likeness (QED) is 0.367. The molecule has 0 saturated carbocycles. The van der Waals surface area contributed by atoms with Gasteiger partial charge in [0.15, 0.2) is 6.29 Å². The average Bonchev–Trinajstić information content (AvgIpc) is 3.01. The molecule has 0 N–H and O–H groups in total. The monoisotopic (exact) mass is 324 g/mol. The van der Waals surface area contributed by atoms with Gasteiger partial charge in [-0.25, -0.2) is 0 Å². The van der Waals surface area contributed by atoms with Gasteiger partial charge in [0.2, 0.25) is 0 Å². The Balaban J connectivity index is 1.97. The van der Waals surface area contributed by atoms with Crippen molar-refractivity contribution in [1.29, 1.82) is 0 Å². The highest BCUT2D eigenvalue weighted by Crippen LogP contribution is 2.23. The summed E-state index contributed by atoms with van der Waals surface area (Å²) in [6, 6.07) is 0. The molecule has 23 heavy (non-hydrogen) atoms. The van der Waals surface area contributed by atoms with E-state index in [9.17, 15) is 0 Å². The van der Waals surface area contributed by atoms with Gasteiger partial charge in [0, 0.05) is 0 Å². The molecule has 2 heteroatoms. The van der Waals surface area contributed by atoms with E-state index in [0.29, 0.717) is 0 Å². The zero-order valence-corrected chi connectivity index (χ0v) is 16.1. The van der Waals surface area contributed by atoms with Crippen molar-refractivity contribution >= 4 is 0 Å². The maximum Gasteiger partial charge on any atom is 0.179 e. The van der Waals surface area contributed by atoms with E-state index in [1.807, 2.05) is 0 Å². The fraction of sp³-hybridized carbons (Fsp3) is 0.905. The van der Waals surface area contributed by atoms with Crippen LogP contribution in [0.5, 0.6) is 0 Å². The predicted molar refractivity (Wildman–Crippen MR) is 99.6 cm³/mol. The molecule has 1 aliphatic heterocycles. The van der Waals surface area contributed by atoms with Crippen molar-refractivity contribution in [3.8, 4) is 0 Å². The molecular formula is C21H40O2. The van der Waals surface area contributed by atoms with Gasteiger partial charge in [-0.15, -0.1) is 0 Å². The summed E-state index contributed by atoms with van der Waals surface area (Å²) in [5, 5.41) is 0. The number of hydrogen-bond acceptors (Lipinski definition) is 2. The van der Waals surface area contributed by atoms with Crippen LogP contribution in [0.3, 0.4) is 0 Å². The third-order valence-corrected chi connectivity index (χ3v) is 5.02. The Morgan fingerprint density at radius 2 is 1.30 bits per heavy atom. The highest BCUT2D eigenvalue weighted by atomic mass is 16.7. The maximum atomic E-state index is 5.49. The van der Waals surface area contributed by atoms with Crippen LogP contribution in [0.15, 0.2) is 12.2 Å². The lowest BCUT2D eigenvalue weighted by Gasteiger charge is -2.16. The Morgan fingerprint density at radius 1 is 0.826 bits per heavy atom. The second-order valence-electron chi connectivity index (χ2n) is 8.09. The summed E-state index contributed by atoms with van der Waals surface area (Å²) in [5.41, 5.74) is 1.12. The van der Waals surface area contributed by atoms with Crippen LogP contribution in [-0.4, -0.2) is 19.5 Å². The van der Waals surface area contributed by atoms with Crippen LogP contribution in [0.2, 0.25) is 0 Å². The Morgan fingerprint density at radius 3 is 1.83 bits per heavy atom. The second kappa shape index (κ2) is 12.1. The zero-order valence-electron chi connectivity index (χ0n) is 16.1. The summed E-state index contributed by atoms with van der Waals surface area (Å²) in [6.45, 7) is 15.0. The Labute approximate surface area is 145 Å². The van der Waals surface area contributed by atoms with Crippen molar-refractivity contribution in [3.05, 3.63) is 12.2 Å². The van der Waals surface area contributed by atoms with Gasteiger partial charge in [-0.1, -0.05) is 79.2 Å². The van der Waals surface area contributed by atoms with Crippen molar-refractivity contribution in [3.63, 3.8) is 0 Å². The molecule has 0 aromatic carbocycles. The Bertz CT molecular complexity index is 305. The van der Waals surface area contributed by atoms with Gasteiger partial charge >= 0.3 is 0 Å². The van der Waals surface area contributed by atoms with Crippen LogP contribution in [-0.2, 0) is 9.47 Å². The van der Waals surface area contributed by atoms with Gasteiger partial charge in [0.25, 0.3) is 0 Å². The van der Waals surface area contributed by atoms with E-state index < -0.39 is 0 Å². The zero-order chi connectivity index (χ0) is 17.1. The predicted octanol–water partition coefficient (Wildman–Crippen LogP) is 6.35. The SMILES string of the molecule is C=C(CCCC(C)CCCC(C)CCCC(C)C)C1OCCO1. The normalized spacial score (nSPS) is 18.5. The molecule has 2 nitrogen and oxygen atoms in total. The molecule has 0 spiro atoms. The minimum atomic E-state index is -0.128. The fourth-order valence-corrected chi connectivity index (χ4v) is 3.37. The maximum absolute atomic E-state index is 5.49. The van der Waals surface area contributed by atoms with Gasteiger partial charge in [-0.2, -0.15) is 0 Å². The van der Waals surface area contributed by atoms with E-state index >= 15 is 0 Å². The number of ether oxygens (including phenoxy) is 2. The van der Waals surface area contributed by atoms with Gasteiger partial charge in [-0.3, -0.25) is 0 Å². The first kappa shape index (κ1) is 20.7. The molecular weight excluding hydrogens is 284 g/mol. The Kier molecular flexibility index (Phi) is 10.9. The van der Waals surface area contributed by atoms with Crippen molar-refractivity contribution < 1.29 is 9.47 Å². The van der Waals surface area contributed by atoms with Crippen LogP contribution in [0.25, 0.3) is 0 Å². The highest BCUT2D eigenvalue weighted by Gasteiger charge is 2.18. The van der Waals surface area contributed by atoms with Gasteiger partial charge in [-0.05, 0) is 36.2 Å². The molecule has 1 saturated heterocycles. The molecule has 0 bridgehead atoms. The largest absolute Gasteiger partial charge is 0.346 e. The first-order valence-electron chi connectivity index (χ1n) is 9.90. The molecule has 136 valence electrons. The summed E-state index contributed by atoms with van der Waals surface area (Å²) in [6.07, 6.45) is 11.8. The summed E-state index contributed by atoms with van der Waals surface area (Å²) in [7, 11) is 0. The van der Waals surface area contributed by atoms with Crippen molar-refractivity contribution in [1.82, 2.24) is 0 Å². The number of rotatable bonds is 13. The third kappa shape index (κ3) is 10.2. The van der Waals surface area contributed by atoms with E-state index in [-0.39, 0.29) is 6.29 Å². The Hall–Kier alpha value is -0.340. The molecule has 1 aliphatic rings. The van der Waals surface area contributed by atoms with Crippen molar-refractivity contribution in [2.45, 2.75) is 91.8 Å². The summed E-state index contributed by atoms with van der Waals surface area (Å²) in [5.74, 6) is 2.59. The molecule has 0 amide bonds. The standard InChI is InChI=1S/C21H40O2/c1-17(2)9-6-10-18(3)11-7-12-19(4)13-8-14-20(5)21-22-15-16-23-21/h17-19,21H,5-16H2,1-4H3. The number of hydrogen-bond donors (Lipinski definition) is 0. The molecule has 1 fully saturated rings. The van der Waals surface area contributed by atoms with Crippen LogP contribution >= 0.6 is 0 Å². The van der Waals surface area contributed by atoms with E-state index in [0.717, 1.165) is 43.0 Å². The minimum Gasteiger partial charge on any atom is -0.346 e. The lowest BCUT2D eigenvalue weighted by molar-refractivity contribution is -0.0133. The third-order valence-electron chi connectivity index (χ3n) is 5.02. The van der Waals surface area contributed by atoms with Crippen LogP contribution < -0.4 is 0 Å². The highest BCUT2D eigenvalue weighted by molar-refractivity contribution is 4.99. The van der Waals surface area contributed by atoms with E-state index in [2.05, 4.69) is 34.3 Å². The molecule has 0 radical (unpaired) electrons. The lowest BCUT2D eigenvalue weighted by Crippen LogP contribution is -2.10. The molecule has 1 rings (SSSR count). The molecule has 1 heterocycles. The van der Waals surface area contributed by atoms with E-state index in [4.69, 9.17) is 9.47 Å². The molecule has 2 unspecified atom stereocenters. The van der Waals surface area contributed by atoms with Crippen molar-refractivity contribution in [2.24, 2.45) is 17.8 Å². The van der Waals surface area contributed by atoms with E-state index in [1.165, 1.54) is 51.4 Å². The molecule has 0 aromatic rings. The fourth-order valence-electron chi connectivity index (χ4n) is 3.37. The first-order valence-corrected chi connectivity index (χ1v) is 9.90. The smallest absolute Gasteiger partial charge is 0.179 e. The molecule has 2 atom stereocenters. The molecule has 0 aromatic heterocycles. The summed E-state index contributed by atoms with van der Waals surface area (Å²) < 4.78 is 11.0. The topological polar surface area (TPSA) is 18.5 Å². The second-order valence-corrected chi connectivity index (χ2v) is 8.09. The van der Waals surface area contributed by atoms with E-state index in [1.54, 1.807) is 0 Å². The van der Waals surface area contributed by atoms with Crippen LogP contribution in [0, 0.1) is 17.8 Å². The van der Waals surface area contributed by atoms with Gasteiger partial charge in [0.1, 0.15) is 0 Å². The average molecular weight is 325 g/mol. The van der Waals surface area contributed by atoms with Crippen molar-refractivity contribution in [2.75, 3.05) is 13.2 Å². The summed E-state index contributed by atoms with van der Waals surface area (Å²) >= 11 is 0. The summed E-state index contributed by atoms with van der Waals surface area (Å²) in [4.78, 5) is 0. The first-order chi connectivity index (χ1) is 11.0. The minimum absolute atomic E-state index is 0.128. The van der Waals surface area contributed by atoms with Crippen LogP contribution in [0.1, 0.15) is 85.5 Å². The van der Waals surface area contributed by atoms with Gasteiger partial charge < -0.3 is 9.47 Å².